The molecule has 0 saturated carbocycles. The second-order valence-electron chi connectivity index (χ2n) is 10.2. The predicted octanol–water partition coefficient (Wildman–Crippen LogP) is 4.20. The average molecular weight is 552 g/mol. The van der Waals surface area contributed by atoms with Gasteiger partial charge in [0.05, 0.1) is 31.1 Å². The average Bonchev–Trinajstić information content (AvgIpc) is 3.01. The number of carbonyl (C=O) groups is 1. The van der Waals surface area contributed by atoms with Gasteiger partial charge in [0.1, 0.15) is 23.8 Å². The van der Waals surface area contributed by atoms with Crippen LogP contribution in [-0.4, -0.2) is 59.7 Å². The van der Waals surface area contributed by atoms with Gasteiger partial charge in [-0.1, -0.05) is 18.2 Å². The highest BCUT2D eigenvalue weighted by molar-refractivity contribution is 6.01. The molecule has 0 atom stereocenters. The summed E-state index contributed by atoms with van der Waals surface area (Å²) in [4.78, 5) is 43.1. The van der Waals surface area contributed by atoms with Crippen LogP contribution < -0.4 is 24.8 Å². The maximum Gasteiger partial charge on any atom is 0.329 e. The number of piperidine rings is 1. The number of benzene rings is 2. The number of methoxy groups -OCH3 is 2. The minimum absolute atomic E-state index is 0.0365. The van der Waals surface area contributed by atoms with Crippen molar-refractivity contribution in [3.63, 3.8) is 0 Å². The molecular formula is C30H29N7O4. The van der Waals surface area contributed by atoms with E-state index in [-0.39, 0.29) is 11.6 Å². The van der Waals surface area contributed by atoms with Gasteiger partial charge in [0.25, 0.3) is 5.56 Å². The van der Waals surface area contributed by atoms with Crippen molar-refractivity contribution in [2.24, 2.45) is 5.92 Å². The molecule has 41 heavy (non-hydrogen) atoms. The van der Waals surface area contributed by atoms with Gasteiger partial charge in [-0.25, -0.2) is 14.8 Å². The molecular weight excluding hydrogens is 522 g/mol. The summed E-state index contributed by atoms with van der Waals surface area (Å²) < 4.78 is 10.9. The Balaban J connectivity index is 1.21. The van der Waals surface area contributed by atoms with Crippen LogP contribution in [0.25, 0.3) is 10.9 Å². The number of nitrogens with one attached hydrogen (secondary N) is 1. The lowest BCUT2D eigenvalue weighted by Gasteiger charge is -2.40. The number of urea groups is 1. The number of H-pyrrole nitrogens is 1. The topological polar surface area (TPSA) is 128 Å². The molecule has 2 aromatic carbocycles. The van der Waals surface area contributed by atoms with Gasteiger partial charge in [-0.05, 0) is 42.5 Å². The van der Waals surface area contributed by atoms with Crippen molar-refractivity contribution in [2.75, 3.05) is 43.7 Å². The predicted molar refractivity (Wildman–Crippen MR) is 154 cm³/mol. The fourth-order valence-corrected chi connectivity index (χ4v) is 5.72. The van der Waals surface area contributed by atoms with E-state index in [9.17, 15) is 14.9 Å². The number of carbonyl (C=O) groups excluding carboxylic acids is 1. The zero-order chi connectivity index (χ0) is 28.5. The van der Waals surface area contributed by atoms with E-state index in [1.54, 1.807) is 25.4 Å². The van der Waals surface area contributed by atoms with Crippen LogP contribution in [0.15, 0.2) is 59.8 Å². The van der Waals surface area contributed by atoms with E-state index in [0.29, 0.717) is 36.2 Å². The Morgan fingerprint density at radius 2 is 1.80 bits per heavy atom. The van der Waals surface area contributed by atoms with E-state index < -0.39 is 5.56 Å². The van der Waals surface area contributed by atoms with Crippen molar-refractivity contribution < 1.29 is 14.3 Å². The first-order valence-electron chi connectivity index (χ1n) is 13.4. The monoisotopic (exact) mass is 551 g/mol. The lowest BCUT2D eigenvalue weighted by atomic mass is 9.95. The molecule has 0 spiro atoms. The Morgan fingerprint density at radius 3 is 2.56 bits per heavy atom. The molecule has 1 saturated heterocycles. The number of pyridine rings is 1. The van der Waals surface area contributed by atoms with E-state index >= 15 is 0 Å². The Labute approximate surface area is 236 Å². The van der Waals surface area contributed by atoms with Gasteiger partial charge >= 0.3 is 6.03 Å². The number of aromatic amines is 1. The molecule has 1 N–H and O–H groups in total. The van der Waals surface area contributed by atoms with Crippen LogP contribution in [0.5, 0.6) is 11.5 Å². The van der Waals surface area contributed by atoms with Gasteiger partial charge in [-0.2, -0.15) is 5.26 Å². The van der Waals surface area contributed by atoms with Crippen LogP contribution in [-0.2, 0) is 6.54 Å². The molecule has 11 nitrogen and oxygen atoms in total. The number of amides is 2. The van der Waals surface area contributed by atoms with E-state index in [2.05, 4.69) is 19.9 Å². The molecule has 0 unspecified atom stereocenters. The summed E-state index contributed by atoms with van der Waals surface area (Å²) in [6.45, 7) is 2.68. The van der Waals surface area contributed by atoms with Gasteiger partial charge in [0.15, 0.2) is 11.5 Å². The zero-order valence-electron chi connectivity index (χ0n) is 22.8. The number of rotatable bonds is 6. The van der Waals surface area contributed by atoms with Crippen molar-refractivity contribution in [1.82, 2.24) is 19.9 Å². The maximum absolute atomic E-state index is 13.8. The molecule has 2 aromatic heterocycles. The third-order valence-electron chi connectivity index (χ3n) is 7.83. The first-order chi connectivity index (χ1) is 20.0. The summed E-state index contributed by atoms with van der Waals surface area (Å²) in [6.07, 6.45) is 4.84. The highest BCUT2D eigenvalue weighted by Gasteiger charge is 2.34. The number of hydrogen-bond donors (Lipinski definition) is 1. The number of nitriles is 1. The molecule has 0 bridgehead atoms. The minimum atomic E-state index is -0.480. The lowest BCUT2D eigenvalue weighted by molar-refractivity contribution is 0.184. The van der Waals surface area contributed by atoms with Crippen LogP contribution in [0.4, 0.5) is 22.0 Å². The molecule has 11 heteroatoms. The normalized spacial score (nSPS) is 15.5. The third-order valence-corrected chi connectivity index (χ3v) is 7.83. The summed E-state index contributed by atoms with van der Waals surface area (Å²) in [7, 11) is 3.21. The number of nitrogens with zero attached hydrogens (tertiary/aromatic N) is 6. The minimum Gasteiger partial charge on any atom is -0.493 e. The van der Waals surface area contributed by atoms with Crippen LogP contribution in [0.2, 0.25) is 0 Å². The van der Waals surface area contributed by atoms with Gasteiger partial charge in [0, 0.05) is 43.8 Å². The van der Waals surface area contributed by atoms with Gasteiger partial charge in [0.2, 0.25) is 0 Å². The molecule has 4 aromatic rings. The number of fused-ring (bicyclic) bond motifs is 2. The standard InChI is InChI=1S/C30H29N7O4/c1-40-26-12-23-24(13-27(26)41-2)33-18-34-28(23)35-9-7-19(8-10-35)16-36-17-20-5-3-4-6-25(20)37(30(36)39)22-11-21(14-31)29(38)32-15-22/h3-6,11-13,15,18-19H,7-10,16-17H2,1-2H3,(H,32,38). The van der Waals surface area contributed by atoms with Crippen molar-refractivity contribution in [3.8, 4) is 17.6 Å². The summed E-state index contributed by atoms with van der Waals surface area (Å²) in [5, 5.41) is 10.3. The van der Waals surface area contributed by atoms with Crippen LogP contribution in [0, 0.1) is 17.2 Å². The van der Waals surface area contributed by atoms with E-state index in [0.717, 1.165) is 53.9 Å². The molecule has 6 rings (SSSR count). The van der Waals surface area contributed by atoms with Gasteiger partial charge in [-0.3, -0.25) is 9.69 Å². The highest BCUT2D eigenvalue weighted by Crippen LogP contribution is 2.37. The second kappa shape index (κ2) is 10.8. The second-order valence-corrected chi connectivity index (χ2v) is 10.2. The molecule has 2 aliphatic rings. The van der Waals surface area contributed by atoms with Crippen molar-refractivity contribution in [2.45, 2.75) is 19.4 Å². The van der Waals surface area contributed by atoms with E-state index in [1.807, 2.05) is 47.4 Å². The highest BCUT2D eigenvalue weighted by atomic mass is 16.5. The quantitative estimate of drug-likeness (QED) is 0.378. The largest absolute Gasteiger partial charge is 0.493 e. The fourth-order valence-electron chi connectivity index (χ4n) is 5.72. The number of hydrogen-bond acceptors (Lipinski definition) is 8. The number of aromatic nitrogens is 3. The first-order valence-corrected chi connectivity index (χ1v) is 13.4. The molecule has 2 aliphatic heterocycles. The van der Waals surface area contributed by atoms with Crippen molar-refractivity contribution in [3.05, 3.63) is 76.5 Å². The molecule has 208 valence electrons. The zero-order valence-corrected chi connectivity index (χ0v) is 22.8. The summed E-state index contributed by atoms with van der Waals surface area (Å²) in [6, 6.07) is 14.7. The van der Waals surface area contributed by atoms with E-state index in [4.69, 9.17) is 9.47 Å². The maximum atomic E-state index is 13.8. The Bertz CT molecular complexity index is 1720. The van der Waals surface area contributed by atoms with Crippen LogP contribution in [0.3, 0.4) is 0 Å². The molecule has 4 heterocycles. The molecule has 1 fully saturated rings. The Kier molecular flexibility index (Phi) is 6.89. The molecule has 2 amide bonds. The van der Waals surface area contributed by atoms with Crippen LogP contribution in [0.1, 0.15) is 24.0 Å². The molecule has 0 radical (unpaired) electrons. The van der Waals surface area contributed by atoms with E-state index in [1.165, 1.54) is 12.3 Å². The summed E-state index contributed by atoms with van der Waals surface area (Å²) in [5.41, 5.74) is 2.49. The smallest absolute Gasteiger partial charge is 0.329 e. The number of para-hydroxylation sites is 1. The molecule has 0 aliphatic carbocycles. The van der Waals surface area contributed by atoms with Gasteiger partial charge in [-0.15, -0.1) is 0 Å². The van der Waals surface area contributed by atoms with Crippen LogP contribution >= 0.6 is 0 Å². The van der Waals surface area contributed by atoms with Crippen molar-refractivity contribution in [1.29, 1.82) is 5.26 Å². The Morgan fingerprint density at radius 1 is 1.05 bits per heavy atom. The fraction of sp³-hybridized carbons (Fsp3) is 0.300. The Hall–Kier alpha value is -5.11. The summed E-state index contributed by atoms with van der Waals surface area (Å²) >= 11 is 0. The number of anilines is 3. The summed E-state index contributed by atoms with van der Waals surface area (Å²) in [5.74, 6) is 2.41. The number of ether oxygens (including phenoxy) is 2. The third kappa shape index (κ3) is 4.78. The SMILES string of the molecule is COc1cc2ncnc(N3CCC(CN4Cc5ccccc5N(c5c[nH]c(=O)c(C#N)c5)C4=O)CC3)c2cc1OC. The lowest BCUT2D eigenvalue weighted by Crippen LogP contribution is -2.48. The van der Waals surface area contributed by atoms with Gasteiger partial charge < -0.3 is 24.3 Å². The van der Waals surface area contributed by atoms with Crippen molar-refractivity contribution >= 4 is 34.1 Å². The first kappa shape index (κ1) is 26.1.